The Labute approximate surface area is 267 Å². The smallest absolute Gasteiger partial charge is 0.371 e. The Hall–Kier alpha value is -4.31. The van der Waals surface area contributed by atoms with Gasteiger partial charge in [-0.1, -0.05) is 12.1 Å². The lowest BCUT2D eigenvalue weighted by atomic mass is 10.1. The van der Waals surface area contributed by atoms with E-state index in [1.165, 1.54) is 31.0 Å². The Bertz CT molecular complexity index is 1630. The zero-order chi connectivity index (χ0) is 32.8. The molecule has 4 heterocycles. The highest BCUT2D eigenvalue weighted by Gasteiger charge is 2.31. The van der Waals surface area contributed by atoms with Crippen molar-refractivity contribution in [2.24, 2.45) is 0 Å². The Morgan fingerprint density at radius 1 is 0.660 bits per heavy atom. The second kappa shape index (κ2) is 14.6. The van der Waals surface area contributed by atoms with Crippen LogP contribution in [-0.2, 0) is 15.7 Å². The molecule has 15 heteroatoms. The van der Waals surface area contributed by atoms with Crippen molar-refractivity contribution in [1.29, 1.82) is 0 Å². The van der Waals surface area contributed by atoms with E-state index in [2.05, 4.69) is 41.2 Å². The molecule has 1 saturated carbocycles. The first-order chi connectivity index (χ1) is 22.7. The number of ether oxygens (including phenoxy) is 2. The minimum absolute atomic E-state index is 0.0716. The predicted molar refractivity (Wildman–Crippen MR) is 164 cm³/mol. The molecule has 4 N–H and O–H groups in total. The van der Waals surface area contributed by atoms with Gasteiger partial charge in [-0.25, -0.2) is 28.7 Å². The summed E-state index contributed by atoms with van der Waals surface area (Å²) in [5.74, 6) is 0.0164. The van der Waals surface area contributed by atoms with Crippen LogP contribution >= 0.6 is 0 Å². The summed E-state index contributed by atoms with van der Waals surface area (Å²) < 4.78 is 77.0. The number of rotatable bonds is 7. The fraction of sp³-hybridized carbons (Fsp3) is 0.375. The van der Waals surface area contributed by atoms with Crippen LogP contribution in [-0.4, -0.2) is 59.3 Å². The van der Waals surface area contributed by atoms with E-state index in [4.69, 9.17) is 9.47 Å². The van der Waals surface area contributed by atoms with E-state index in [0.29, 0.717) is 61.8 Å². The molecular weight excluding hydrogens is 623 g/mol. The monoisotopic (exact) mass is 656 g/mol. The molecule has 2 aromatic carbocycles. The molecule has 3 aliphatic rings. The molecule has 1 aliphatic carbocycles. The first-order valence-corrected chi connectivity index (χ1v) is 15.2. The summed E-state index contributed by atoms with van der Waals surface area (Å²) in [5.41, 5.74) is 2.15. The van der Waals surface area contributed by atoms with E-state index in [0.717, 1.165) is 24.2 Å². The molecule has 248 valence electrons. The molecule has 0 radical (unpaired) electrons. The third-order valence-electron chi connectivity index (χ3n) is 7.78. The highest BCUT2D eigenvalue weighted by molar-refractivity contribution is 5.56. The molecule has 4 aromatic rings. The number of benzene rings is 2. The zero-order valence-electron chi connectivity index (χ0n) is 25.2. The first kappa shape index (κ1) is 32.6. The molecule has 2 saturated heterocycles. The van der Waals surface area contributed by atoms with Gasteiger partial charge in [-0.15, -0.1) is 0 Å². The summed E-state index contributed by atoms with van der Waals surface area (Å²) in [5, 5.41) is 11.9. The van der Waals surface area contributed by atoms with Crippen molar-refractivity contribution in [3.63, 3.8) is 0 Å². The van der Waals surface area contributed by atoms with Crippen LogP contribution in [0.25, 0.3) is 0 Å². The summed E-state index contributed by atoms with van der Waals surface area (Å²) in [6, 6.07) is 9.59. The average Bonchev–Trinajstić information content (AvgIpc) is 3.94. The van der Waals surface area contributed by atoms with Crippen LogP contribution in [0.2, 0.25) is 0 Å². The molecule has 2 aliphatic heterocycles. The third-order valence-corrected chi connectivity index (χ3v) is 7.78. The normalized spacial score (nSPS) is 19.8. The SMILES string of the molecule is Fc1cc(C2CNCCO2)ccc1Nc1ncc(C(F)(F)F)cn1.Fc1cc([C@H]2CNCCO2)ccc1Nc1ncc(C2CC2)cn1. The van der Waals surface area contributed by atoms with Crippen LogP contribution < -0.4 is 21.3 Å². The molecule has 2 atom stereocenters. The standard InChI is InChI=1S/C17H19FN4O.C15H14F4N4O/c18-14-7-12(16-10-19-5-6-23-16)3-4-15(14)22-17-20-8-13(9-21-17)11-1-2-11;16-11-5-9(13-8-20-3-4-24-13)1-2-12(11)23-14-21-6-10(7-22-14)15(17,18)19/h3-4,7-9,11,16,19H,1-2,5-6,10H2,(H,20,21,22);1-2,5-7,13,20H,3-4,8H2,(H,21,22,23)/t16-;/m1./s1. The summed E-state index contributed by atoms with van der Waals surface area (Å²) in [6.45, 7) is 4.09. The van der Waals surface area contributed by atoms with Crippen LogP contribution in [0, 0.1) is 11.6 Å². The molecule has 7 rings (SSSR count). The topological polar surface area (TPSA) is 118 Å². The summed E-state index contributed by atoms with van der Waals surface area (Å²) in [6.07, 6.45) is 2.51. The Balaban J connectivity index is 0.000000164. The molecule has 2 aromatic heterocycles. The highest BCUT2D eigenvalue weighted by Crippen LogP contribution is 2.39. The van der Waals surface area contributed by atoms with Crippen LogP contribution in [0.5, 0.6) is 0 Å². The lowest BCUT2D eigenvalue weighted by Gasteiger charge is -2.24. The molecule has 10 nitrogen and oxygen atoms in total. The van der Waals surface area contributed by atoms with Gasteiger partial charge in [0, 0.05) is 51.0 Å². The minimum Gasteiger partial charge on any atom is -0.371 e. The molecule has 3 fully saturated rings. The van der Waals surface area contributed by atoms with Crippen molar-refractivity contribution in [2.45, 2.75) is 37.1 Å². The van der Waals surface area contributed by atoms with E-state index in [9.17, 15) is 22.0 Å². The summed E-state index contributed by atoms with van der Waals surface area (Å²) in [7, 11) is 0. The van der Waals surface area contributed by atoms with E-state index in [-0.39, 0.29) is 29.7 Å². The number of alkyl halides is 3. The van der Waals surface area contributed by atoms with Crippen LogP contribution in [0.1, 0.15) is 53.2 Å². The molecular formula is C32H33F5N8O2. The van der Waals surface area contributed by atoms with Gasteiger partial charge >= 0.3 is 6.18 Å². The number of nitrogens with zero attached hydrogens (tertiary/aromatic N) is 4. The minimum atomic E-state index is -4.51. The number of anilines is 4. The number of hydrogen-bond acceptors (Lipinski definition) is 10. The highest BCUT2D eigenvalue weighted by atomic mass is 19.4. The second-order valence-electron chi connectivity index (χ2n) is 11.3. The maximum atomic E-state index is 14.3. The first-order valence-electron chi connectivity index (χ1n) is 15.2. The number of halogens is 5. The van der Waals surface area contributed by atoms with Crippen molar-refractivity contribution in [3.05, 3.63) is 95.1 Å². The molecule has 0 bridgehead atoms. The van der Waals surface area contributed by atoms with Crippen molar-refractivity contribution in [3.8, 4) is 0 Å². The van der Waals surface area contributed by atoms with Gasteiger partial charge in [0.25, 0.3) is 0 Å². The second-order valence-corrected chi connectivity index (χ2v) is 11.3. The largest absolute Gasteiger partial charge is 0.419 e. The van der Waals surface area contributed by atoms with Crippen molar-refractivity contribution in [2.75, 3.05) is 50.0 Å². The van der Waals surface area contributed by atoms with Crippen molar-refractivity contribution in [1.82, 2.24) is 30.6 Å². The van der Waals surface area contributed by atoms with E-state index in [1.54, 1.807) is 12.1 Å². The number of morpholine rings is 2. The van der Waals surface area contributed by atoms with Crippen LogP contribution in [0.15, 0.2) is 61.2 Å². The number of hydrogen-bond donors (Lipinski definition) is 4. The average molecular weight is 657 g/mol. The maximum Gasteiger partial charge on any atom is 0.419 e. The van der Waals surface area contributed by atoms with Crippen molar-refractivity contribution >= 4 is 23.3 Å². The van der Waals surface area contributed by atoms with Crippen LogP contribution in [0.4, 0.5) is 45.2 Å². The summed E-state index contributed by atoms with van der Waals surface area (Å²) >= 11 is 0. The molecule has 47 heavy (non-hydrogen) atoms. The Kier molecular flexibility index (Phi) is 10.2. The van der Waals surface area contributed by atoms with E-state index < -0.39 is 17.6 Å². The van der Waals surface area contributed by atoms with Gasteiger partial charge in [0.2, 0.25) is 11.9 Å². The van der Waals surface area contributed by atoms with Gasteiger partial charge in [0.15, 0.2) is 0 Å². The molecule has 0 amide bonds. The summed E-state index contributed by atoms with van der Waals surface area (Å²) in [4.78, 5) is 15.6. The zero-order valence-corrected chi connectivity index (χ0v) is 25.2. The molecule has 1 unspecified atom stereocenters. The Morgan fingerprint density at radius 2 is 1.13 bits per heavy atom. The lowest BCUT2D eigenvalue weighted by molar-refractivity contribution is -0.138. The quantitative estimate of drug-likeness (QED) is 0.178. The predicted octanol–water partition coefficient (Wildman–Crippen LogP) is 5.94. The van der Waals surface area contributed by atoms with Gasteiger partial charge in [-0.3, -0.25) is 0 Å². The van der Waals surface area contributed by atoms with Crippen molar-refractivity contribution < 1.29 is 31.4 Å². The fourth-order valence-corrected chi connectivity index (χ4v) is 5.03. The van der Waals surface area contributed by atoms with Crippen LogP contribution in [0.3, 0.4) is 0 Å². The van der Waals surface area contributed by atoms with Gasteiger partial charge in [-0.2, -0.15) is 13.2 Å². The third kappa shape index (κ3) is 8.74. The molecule has 0 spiro atoms. The number of nitrogens with one attached hydrogen (secondary N) is 4. The number of aromatic nitrogens is 4. The Morgan fingerprint density at radius 3 is 1.51 bits per heavy atom. The fourth-order valence-electron chi connectivity index (χ4n) is 5.03. The lowest BCUT2D eigenvalue weighted by Crippen LogP contribution is -2.33. The van der Waals surface area contributed by atoms with Gasteiger partial charge in [0.05, 0.1) is 42.4 Å². The van der Waals surface area contributed by atoms with Gasteiger partial charge in [-0.05, 0) is 59.7 Å². The van der Waals surface area contributed by atoms with Gasteiger partial charge in [0.1, 0.15) is 11.6 Å². The van der Waals surface area contributed by atoms with E-state index in [1.807, 2.05) is 18.5 Å². The van der Waals surface area contributed by atoms with Gasteiger partial charge < -0.3 is 30.7 Å². The maximum absolute atomic E-state index is 14.3. The van der Waals surface area contributed by atoms with E-state index >= 15 is 0 Å².